The molecule has 0 amide bonds. The number of pyridine rings is 1. The average Bonchev–Trinajstić information content (AvgIpc) is 2.08. The molecule has 0 fully saturated rings. The number of hydrogen-bond acceptors (Lipinski definition) is 4. The lowest BCUT2D eigenvalue weighted by atomic mass is 10.2. The van der Waals surface area contributed by atoms with E-state index in [2.05, 4.69) is 4.28 Å². The summed E-state index contributed by atoms with van der Waals surface area (Å²) in [7, 11) is -3.74. The highest BCUT2D eigenvalue weighted by Gasteiger charge is 2.10. The van der Waals surface area contributed by atoms with Crippen LogP contribution < -0.4 is 9.84 Å². The van der Waals surface area contributed by atoms with Crippen LogP contribution in [0.2, 0.25) is 0 Å². The van der Waals surface area contributed by atoms with E-state index >= 15 is 0 Å². The second kappa shape index (κ2) is 4.75. The Hall–Kier alpha value is -1.56. The van der Waals surface area contributed by atoms with Crippen molar-refractivity contribution < 1.29 is 12.7 Å². The summed E-state index contributed by atoms with van der Waals surface area (Å²) in [6.45, 7) is 5.45. The molecule has 1 rings (SSSR count). The van der Waals surface area contributed by atoms with E-state index in [0.717, 1.165) is 22.1 Å². The molecule has 0 aromatic carbocycles. The van der Waals surface area contributed by atoms with Crippen LogP contribution >= 0.6 is 0 Å². The molecule has 1 heterocycles. The van der Waals surface area contributed by atoms with Crippen molar-refractivity contribution in [2.24, 2.45) is 0 Å². The van der Waals surface area contributed by atoms with E-state index in [1.807, 2.05) is 13.8 Å². The molecule has 0 spiro atoms. The molecule has 17 heavy (non-hydrogen) atoms. The quantitative estimate of drug-likeness (QED) is 0.809. The molecular formula is C11H15NO4S. The maximum atomic E-state index is 11.7. The van der Waals surface area contributed by atoms with Gasteiger partial charge in [0.1, 0.15) is 0 Å². The van der Waals surface area contributed by atoms with Gasteiger partial charge in [0.25, 0.3) is 5.56 Å². The van der Waals surface area contributed by atoms with Crippen LogP contribution in [-0.2, 0) is 10.1 Å². The fourth-order valence-corrected chi connectivity index (χ4v) is 1.76. The summed E-state index contributed by atoms with van der Waals surface area (Å²) >= 11 is 0. The summed E-state index contributed by atoms with van der Waals surface area (Å²) < 4.78 is 27.6. The fraction of sp³-hybridized carbons (Fsp3) is 0.364. The summed E-state index contributed by atoms with van der Waals surface area (Å²) in [5.74, 6) is 0. The molecule has 0 bridgehead atoms. The van der Waals surface area contributed by atoms with Crippen molar-refractivity contribution in [3.05, 3.63) is 39.3 Å². The van der Waals surface area contributed by atoms with Gasteiger partial charge in [-0.2, -0.15) is 8.42 Å². The van der Waals surface area contributed by atoms with Gasteiger partial charge >= 0.3 is 10.1 Å². The van der Waals surface area contributed by atoms with Crippen molar-refractivity contribution in [1.82, 2.24) is 4.73 Å². The molecule has 0 aliphatic rings. The van der Waals surface area contributed by atoms with E-state index in [1.165, 1.54) is 6.07 Å². The Bertz CT molecular complexity index is 607. The van der Waals surface area contributed by atoms with E-state index in [4.69, 9.17) is 0 Å². The average molecular weight is 257 g/mol. The summed E-state index contributed by atoms with van der Waals surface area (Å²) in [6.07, 6.45) is 2.57. The number of aryl methyl sites for hydroxylation is 1. The van der Waals surface area contributed by atoms with Crippen molar-refractivity contribution in [3.8, 4) is 0 Å². The van der Waals surface area contributed by atoms with E-state index in [9.17, 15) is 13.2 Å². The van der Waals surface area contributed by atoms with Gasteiger partial charge in [-0.1, -0.05) is 5.57 Å². The molecule has 0 atom stereocenters. The van der Waals surface area contributed by atoms with Crippen LogP contribution in [0.1, 0.15) is 25.1 Å². The largest absolute Gasteiger partial charge is 0.324 e. The minimum Gasteiger partial charge on any atom is -0.284 e. The van der Waals surface area contributed by atoms with Gasteiger partial charge < -0.3 is 0 Å². The van der Waals surface area contributed by atoms with Crippen LogP contribution in [0.4, 0.5) is 0 Å². The van der Waals surface area contributed by atoms with Gasteiger partial charge in [0.05, 0.1) is 11.9 Å². The molecule has 0 saturated heterocycles. The van der Waals surface area contributed by atoms with Crippen molar-refractivity contribution in [1.29, 1.82) is 0 Å². The number of aromatic nitrogens is 1. The predicted molar refractivity (Wildman–Crippen MR) is 66.2 cm³/mol. The lowest BCUT2D eigenvalue weighted by Crippen LogP contribution is -2.31. The van der Waals surface area contributed by atoms with E-state index in [-0.39, 0.29) is 0 Å². The second-order valence-electron chi connectivity index (χ2n) is 4.09. The monoisotopic (exact) mass is 257 g/mol. The first kappa shape index (κ1) is 13.5. The van der Waals surface area contributed by atoms with Gasteiger partial charge in [0.2, 0.25) is 0 Å². The minimum absolute atomic E-state index is 0.403. The van der Waals surface area contributed by atoms with Crippen LogP contribution in [0.5, 0.6) is 0 Å². The standard InChI is InChI=1S/C11H15NO4S/c1-8(2)5-10-6-9(3)7-11(13)12(10)16-17(4,14)15/h5-7H,1-4H3. The zero-order chi connectivity index (χ0) is 13.2. The minimum atomic E-state index is -3.74. The first-order valence-electron chi connectivity index (χ1n) is 4.97. The molecule has 0 aliphatic carbocycles. The molecule has 94 valence electrons. The third-order valence-corrected chi connectivity index (χ3v) is 2.23. The first-order valence-corrected chi connectivity index (χ1v) is 6.79. The Morgan fingerprint density at radius 3 is 2.41 bits per heavy atom. The molecule has 0 saturated carbocycles. The van der Waals surface area contributed by atoms with Crippen LogP contribution in [0.3, 0.4) is 0 Å². The number of hydrogen-bond donors (Lipinski definition) is 0. The highest BCUT2D eigenvalue weighted by Crippen LogP contribution is 2.06. The van der Waals surface area contributed by atoms with E-state index in [0.29, 0.717) is 5.69 Å². The Kier molecular flexibility index (Phi) is 3.77. The maximum Gasteiger partial charge on any atom is 0.324 e. The Balaban J connectivity index is 3.46. The van der Waals surface area contributed by atoms with Gasteiger partial charge in [-0.15, -0.1) is 4.73 Å². The molecule has 0 aliphatic heterocycles. The van der Waals surface area contributed by atoms with Crippen molar-refractivity contribution >= 4 is 16.2 Å². The Morgan fingerprint density at radius 2 is 1.94 bits per heavy atom. The summed E-state index contributed by atoms with van der Waals surface area (Å²) in [5.41, 5.74) is 1.57. The lowest BCUT2D eigenvalue weighted by molar-refractivity contribution is 0.267. The molecule has 5 nitrogen and oxygen atoms in total. The first-order chi connectivity index (χ1) is 7.69. The van der Waals surface area contributed by atoms with Gasteiger partial charge in [0, 0.05) is 6.07 Å². The van der Waals surface area contributed by atoms with Crippen LogP contribution in [0.25, 0.3) is 6.08 Å². The Morgan fingerprint density at radius 1 is 1.35 bits per heavy atom. The summed E-state index contributed by atoms with van der Waals surface area (Å²) in [6, 6.07) is 2.99. The van der Waals surface area contributed by atoms with Crippen molar-refractivity contribution in [2.45, 2.75) is 20.8 Å². The molecule has 0 unspecified atom stereocenters. The maximum absolute atomic E-state index is 11.7. The highest BCUT2D eigenvalue weighted by atomic mass is 32.2. The fourth-order valence-electron chi connectivity index (χ4n) is 1.33. The number of rotatable bonds is 3. The van der Waals surface area contributed by atoms with Gasteiger partial charge in [-0.3, -0.25) is 9.08 Å². The van der Waals surface area contributed by atoms with Crippen LogP contribution in [0.15, 0.2) is 22.5 Å². The molecule has 1 aromatic rings. The predicted octanol–water partition coefficient (Wildman–Crippen LogP) is 0.968. The van der Waals surface area contributed by atoms with Gasteiger partial charge in [0.15, 0.2) is 0 Å². The normalized spacial score (nSPS) is 11.1. The zero-order valence-corrected chi connectivity index (χ0v) is 11.0. The number of nitrogens with zero attached hydrogens (tertiary/aromatic N) is 1. The topological polar surface area (TPSA) is 65.4 Å². The number of allylic oxidation sites excluding steroid dienone is 1. The lowest BCUT2D eigenvalue weighted by Gasteiger charge is -2.10. The second-order valence-corrected chi connectivity index (χ2v) is 5.65. The van der Waals surface area contributed by atoms with Crippen molar-refractivity contribution in [3.63, 3.8) is 0 Å². The SMILES string of the molecule is CC(C)=Cc1cc(C)cc(=O)n1OS(C)(=O)=O. The van der Waals surface area contributed by atoms with Crippen molar-refractivity contribution in [2.75, 3.05) is 6.26 Å². The third-order valence-electron chi connectivity index (χ3n) is 1.81. The molecule has 6 heteroatoms. The van der Waals surface area contributed by atoms with E-state index < -0.39 is 15.7 Å². The zero-order valence-electron chi connectivity index (χ0n) is 10.2. The molecule has 0 radical (unpaired) electrons. The summed E-state index contributed by atoms with van der Waals surface area (Å²) in [4.78, 5) is 11.7. The molecular weight excluding hydrogens is 242 g/mol. The highest BCUT2D eigenvalue weighted by molar-refractivity contribution is 7.86. The Labute approximate surface area is 100 Å². The van der Waals surface area contributed by atoms with E-state index in [1.54, 1.807) is 19.1 Å². The summed E-state index contributed by atoms with van der Waals surface area (Å²) in [5, 5.41) is 0. The van der Waals surface area contributed by atoms with Gasteiger partial charge in [-0.25, -0.2) is 0 Å². The van der Waals surface area contributed by atoms with Crippen LogP contribution in [0, 0.1) is 6.92 Å². The van der Waals surface area contributed by atoms with Crippen LogP contribution in [-0.4, -0.2) is 19.4 Å². The third kappa shape index (κ3) is 4.07. The molecule has 1 aromatic heterocycles. The van der Waals surface area contributed by atoms with Gasteiger partial charge in [-0.05, 0) is 38.5 Å². The molecule has 0 N–H and O–H groups in total. The smallest absolute Gasteiger partial charge is 0.284 e.